The van der Waals surface area contributed by atoms with Gasteiger partial charge in [0.15, 0.2) is 5.13 Å². The molecule has 0 atom stereocenters. The molecule has 2 aromatic heterocycles. The van der Waals surface area contributed by atoms with Crippen molar-refractivity contribution in [1.82, 2.24) is 19.4 Å². The SMILES string of the molecule is NC(=O)c1sc(-n2cnc3ccc(OCCCCN4CCOCC4)cc32)nc1-c1cccc(Cl)c1. The van der Waals surface area contributed by atoms with Gasteiger partial charge in [0.1, 0.15) is 17.0 Å². The van der Waals surface area contributed by atoms with Crippen molar-refractivity contribution in [2.45, 2.75) is 12.8 Å². The van der Waals surface area contributed by atoms with Gasteiger partial charge >= 0.3 is 0 Å². The fourth-order valence-corrected chi connectivity index (χ4v) is 5.21. The summed E-state index contributed by atoms with van der Waals surface area (Å²) in [6, 6.07) is 13.0. The van der Waals surface area contributed by atoms with Gasteiger partial charge in [0.25, 0.3) is 5.91 Å². The fourth-order valence-electron chi connectivity index (χ4n) is 4.09. The fraction of sp³-hybridized carbons (Fsp3) is 0.320. The molecule has 1 amide bonds. The Balaban J connectivity index is 1.32. The van der Waals surface area contributed by atoms with Crippen molar-refractivity contribution in [2.75, 3.05) is 39.5 Å². The number of aromatic nitrogens is 3. The summed E-state index contributed by atoms with van der Waals surface area (Å²) >= 11 is 7.38. The molecule has 1 saturated heterocycles. The Labute approximate surface area is 212 Å². The number of hydrogen-bond acceptors (Lipinski definition) is 7. The second-order valence-corrected chi connectivity index (χ2v) is 9.74. The van der Waals surface area contributed by atoms with E-state index in [1.807, 2.05) is 34.9 Å². The van der Waals surface area contributed by atoms with Crippen LogP contribution in [0.3, 0.4) is 0 Å². The quantitative estimate of drug-likeness (QED) is 0.335. The molecule has 2 N–H and O–H groups in total. The Morgan fingerprint density at radius 3 is 2.83 bits per heavy atom. The summed E-state index contributed by atoms with van der Waals surface area (Å²) in [4.78, 5) is 24.2. The summed E-state index contributed by atoms with van der Waals surface area (Å²) in [6.07, 6.45) is 3.76. The molecule has 1 fully saturated rings. The van der Waals surface area contributed by atoms with Crippen molar-refractivity contribution < 1.29 is 14.3 Å². The predicted octanol–water partition coefficient (Wildman–Crippen LogP) is 4.39. The Hall–Kier alpha value is -2.98. The van der Waals surface area contributed by atoms with Crippen molar-refractivity contribution in [2.24, 2.45) is 5.73 Å². The van der Waals surface area contributed by atoms with Crippen molar-refractivity contribution in [3.63, 3.8) is 0 Å². The molecule has 5 rings (SSSR count). The van der Waals surface area contributed by atoms with Gasteiger partial charge in [0.2, 0.25) is 0 Å². The van der Waals surface area contributed by atoms with Crippen molar-refractivity contribution >= 4 is 39.9 Å². The topological polar surface area (TPSA) is 95.5 Å². The average molecular weight is 512 g/mol. The second kappa shape index (κ2) is 10.7. The molecule has 0 spiro atoms. The monoisotopic (exact) mass is 511 g/mol. The number of primary amides is 1. The molecule has 8 nitrogen and oxygen atoms in total. The van der Waals surface area contributed by atoms with Crippen LogP contribution in [0.25, 0.3) is 27.4 Å². The first-order valence-electron chi connectivity index (χ1n) is 11.6. The third-order valence-corrected chi connectivity index (χ3v) is 7.21. The molecule has 2 aromatic carbocycles. The van der Waals surface area contributed by atoms with Crippen molar-refractivity contribution in [3.05, 3.63) is 58.7 Å². The minimum Gasteiger partial charge on any atom is -0.494 e. The predicted molar refractivity (Wildman–Crippen MR) is 138 cm³/mol. The zero-order valence-corrected chi connectivity index (χ0v) is 20.7. The van der Waals surface area contributed by atoms with Crippen LogP contribution >= 0.6 is 22.9 Å². The highest BCUT2D eigenvalue weighted by molar-refractivity contribution is 7.16. The molecule has 1 aliphatic rings. The van der Waals surface area contributed by atoms with E-state index in [1.54, 1.807) is 18.5 Å². The number of hydrogen-bond donors (Lipinski definition) is 1. The number of benzene rings is 2. The van der Waals surface area contributed by atoms with E-state index in [1.165, 1.54) is 11.3 Å². The molecule has 0 radical (unpaired) electrons. The van der Waals surface area contributed by atoms with Gasteiger partial charge in [-0.05, 0) is 43.7 Å². The maximum absolute atomic E-state index is 12.2. The smallest absolute Gasteiger partial charge is 0.261 e. The first-order valence-corrected chi connectivity index (χ1v) is 12.7. The lowest BCUT2D eigenvalue weighted by Crippen LogP contribution is -2.36. The van der Waals surface area contributed by atoms with E-state index in [9.17, 15) is 4.79 Å². The number of carbonyl (C=O) groups is 1. The lowest BCUT2D eigenvalue weighted by Gasteiger charge is -2.26. The molecule has 10 heteroatoms. The highest BCUT2D eigenvalue weighted by Crippen LogP contribution is 2.33. The van der Waals surface area contributed by atoms with Crippen LogP contribution in [0.5, 0.6) is 5.75 Å². The molecule has 0 bridgehead atoms. The van der Waals surface area contributed by atoms with Gasteiger partial charge in [-0.3, -0.25) is 14.3 Å². The molecule has 1 aliphatic heterocycles. The van der Waals surface area contributed by atoms with E-state index in [0.29, 0.717) is 27.3 Å². The number of unbranched alkanes of at least 4 members (excludes halogenated alkanes) is 1. The van der Waals surface area contributed by atoms with Gasteiger partial charge < -0.3 is 15.2 Å². The lowest BCUT2D eigenvalue weighted by molar-refractivity contribution is 0.0368. The van der Waals surface area contributed by atoms with Gasteiger partial charge in [0, 0.05) is 29.7 Å². The molecule has 0 unspecified atom stereocenters. The van der Waals surface area contributed by atoms with E-state index < -0.39 is 5.91 Å². The van der Waals surface area contributed by atoms with Crippen LogP contribution in [-0.4, -0.2) is 64.8 Å². The summed E-state index contributed by atoms with van der Waals surface area (Å²) in [5.74, 6) is 0.238. The number of morpholine rings is 1. The van der Waals surface area contributed by atoms with E-state index in [4.69, 9.17) is 31.8 Å². The largest absolute Gasteiger partial charge is 0.494 e. The molecule has 35 heavy (non-hydrogen) atoms. The first-order chi connectivity index (χ1) is 17.1. The zero-order valence-electron chi connectivity index (χ0n) is 19.2. The highest BCUT2D eigenvalue weighted by Gasteiger charge is 2.20. The number of fused-ring (bicyclic) bond motifs is 1. The Bertz CT molecular complexity index is 1330. The lowest BCUT2D eigenvalue weighted by atomic mass is 10.1. The Kier molecular flexibility index (Phi) is 7.29. The summed E-state index contributed by atoms with van der Waals surface area (Å²) < 4.78 is 13.3. The number of nitrogens with two attached hydrogens (primary N) is 1. The number of imidazole rings is 1. The molecule has 0 saturated carbocycles. The van der Waals surface area contributed by atoms with Gasteiger partial charge in [0.05, 0.1) is 36.5 Å². The summed E-state index contributed by atoms with van der Waals surface area (Å²) in [5.41, 5.74) is 8.56. The third-order valence-electron chi connectivity index (χ3n) is 5.90. The van der Waals surface area contributed by atoms with Gasteiger partial charge in [-0.2, -0.15) is 0 Å². The number of rotatable bonds is 9. The molecular formula is C25H26ClN5O3S. The van der Waals surface area contributed by atoms with Gasteiger partial charge in [-0.25, -0.2) is 9.97 Å². The third kappa shape index (κ3) is 5.48. The minimum atomic E-state index is -0.533. The van der Waals surface area contributed by atoms with E-state index in [0.717, 1.165) is 68.0 Å². The summed E-state index contributed by atoms with van der Waals surface area (Å²) in [5, 5.41) is 1.16. The van der Waals surface area contributed by atoms with Crippen molar-refractivity contribution in [1.29, 1.82) is 0 Å². The highest BCUT2D eigenvalue weighted by atomic mass is 35.5. The molecular weight excluding hydrogens is 486 g/mol. The van der Waals surface area contributed by atoms with Crippen LogP contribution < -0.4 is 10.5 Å². The van der Waals surface area contributed by atoms with E-state index >= 15 is 0 Å². The second-order valence-electron chi connectivity index (χ2n) is 8.32. The standard InChI is InChI=1S/C25H26ClN5O3S/c26-18-5-3-4-17(14-18)22-23(24(27)32)35-25(29-22)31-16-28-20-7-6-19(15-21(20)31)34-11-2-1-8-30-9-12-33-13-10-30/h3-7,14-16H,1-2,8-13H2,(H2,27,32). The van der Waals surface area contributed by atoms with E-state index in [2.05, 4.69) is 9.88 Å². The molecule has 182 valence electrons. The van der Waals surface area contributed by atoms with Crippen LogP contribution in [0.2, 0.25) is 5.02 Å². The number of halogens is 1. The number of ether oxygens (including phenoxy) is 2. The van der Waals surface area contributed by atoms with Crippen LogP contribution in [0.15, 0.2) is 48.8 Å². The van der Waals surface area contributed by atoms with Gasteiger partial charge in [-0.1, -0.05) is 35.1 Å². The maximum Gasteiger partial charge on any atom is 0.261 e. The van der Waals surface area contributed by atoms with Crippen LogP contribution in [0.1, 0.15) is 22.5 Å². The van der Waals surface area contributed by atoms with E-state index in [-0.39, 0.29) is 0 Å². The Morgan fingerprint density at radius 2 is 2.03 bits per heavy atom. The summed E-state index contributed by atoms with van der Waals surface area (Å²) in [6.45, 7) is 5.38. The first kappa shape index (κ1) is 23.7. The van der Waals surface area contributed by atoms with Crippen LogP contribution in [0.4, 0.5) is 0 Å². The van der Waals surface area contributed by atoms with Crippen molar-refractivity contribution in [3.8, 4) is 22.1 Å². The number of amides is 1. The number of nitrogens with zero attached hydrogens (tertiary/aromatic N) is 4. The molecule has 4 aromatic rings. The average Bonchev–Trinajstić information content (AvgIpc) is 3.49. The summed E-state index contributed by atoms with van der Waals surface area (Å²) in [7, 11) is 0. The number of thiazole rings is 1. The van der Waals surface area contributed by atoms with Crippen LogP contribution in [0, 0.1) is 0 Å². The minimum absolute atomic E-state index is 0.372. The zero-order chi connectivity index (χ0) is 24.2. The normalized spacial score (nSPS) is 14.4. The van der Waals surface area contributed by atoms with Crippen LogP contribution in [-0.2, 0) is 4.74 Å². The molecule has 3 heterocycles. The maximum atomic E-state index is 12.2. The Morgan fingerprint density at radius 1 is 1.17 bits per heavy atom. The molecule has 0 aliphatic carbocycles. The van der Waals surface area contributed by atoms with Gasteiger partial charge in [-0.15, -0.1) is 0 Å². The number of carbonyl (C=O) groups excluding carboxylic acids is 1.